The van der Waals surface area contributed by atoms with Crippen molar-refractivity contribution in [1.29, 1.82) is 0 Å². The van der Waals surface area contributed by atoms with Gasteiger partial charge >= 0.3 is 0 Å². The van der Waals surface area contributed by atoms with E-state index in [2.05, 4.69) is 12.2 Å². The molecule has 5 nitrogen and oxygen atoms in total. The second-order valence-corrected chi connectivity index (χ2v) is 7.13. The summed E-state index contributed by atoms with van der Waals surface area (Å²) < 4.78 is 0. The van der Waals surface area contributed by atoms with Crippen LogP contribution in [0, 0.1) is 5.92 Å². The summed E-state index contributed by atoms with van der Waals surface area (Å²) in [5.41, 5.74) is 6.87. The second kappa shape index (κ2) is 10.5. The van der Waals surface area contributed by atoms with Crippen LogP contribution in [0.5, 0.6) is 0 Å². The number of nitrogens with two attached hydrogens (primary N) is 1. The lowest BCUT2D eigenvalue weighted by molar-refractivity contribution is -0.134. The van der Waals surface area contributed by atoms with E-state index in [1.807, 2.05) is 49.1 Å². The van der Waals surface area contributed by atoms with Crippen molar-refractivity contribution in [3.05, 3.63) is 35.9 Å². The molecule has 1 aromatic rings. The third-order valence-electron chi connectivity index (χ3n) is 5.26. The van der Waals surface area contributed by atoms with E-state index in [1.54, 1.807) is 0 Å². The first-order chi connectivity index (χ1) is 11.9. The molecule has 146 valence electrons. The highest BCUT2D eigenvalue weighted by Gasteiger charge is 2.29. The minimum absolute atomic E-state index is 0. The van der Waals surface area contributed by atoms with Gasteiger partial charge in [0.2, 0.25) is 11.8 Å². The molecular formula is C20H32ClN3O2. The molecule has 0 aromatic heterocycles. The standard InChI is InChI=1S/C20H31N3O2.ClH/c1-4-18(16-8-6-5-7-9-16)20(25)23-12-10-17(11-13-23)22-19(24)14(2)15(3)21;/h5-9,14-15,17-18H,4,10-13,21H2,1-3H3,(H,22,24);1H. The number of carbonyl (C=O) groups is 2. The molecule has 1 aliphatic heterocycles. The van der Waals surface area contributed by atoms with Gasteiger partial charge in [0.05, 0.1) is 5.92 Å². The Hall–Kier alpha value is -1.59. The van der Waals surface area contributed by atoms with Crippen LogP contribution < -0.4 is 11.1 Å². The van der Waals surface area contributed by atoms with Crippen LogP contribution in [0.3, 0.4) is 0 Å². The molecule has 6 heteroatoms. The van der Waals surface area contributed by atoms with Crippen LogP contribution in [-0.4, -0.2) is 41.9 Å². The zero-order chi connectivity index (χ0) is 18.4. The van der Waals surface area contributed by atoms with E-state index in [-0.39, 0.29) is 48.1 Å². The molecule has 1 saturated heterocycles. The predicted molar refractivity (Wildman–Crippen MR) is 107 cm³/mol. The molecule has 3 N–H and O–H groups in total. The number of hydrogen-bond acceptors (Lipinski definition) is 3. The van der Waals surface area contributed by atoms with Crippen LogP contribution in [-0.2, 0) is 9.59 Å². The van der Waals surface area contributed by atoms with E-state index in [0.717, 1.165) is 24.8 Å². The molecule has 2 rings (SSSR count). The van der Waals surface area contributed by atoms with Gasteiger partial charge in [-0.05, 0) is 31.7 Å². The lowest BCUT2D eigenvalue weighted by Gasteiger charge is -2.35. The minimum atomic E-state index is -0.192. The molecule has 0 aliphatic carbocycles. The van der Waals surface area contributed by atoms with Gasteiger partial charge in [0.15, 0.2) is 0 Å². The number of benzene rings is 1. The maximum atomic E-state index is 12.9. The van der Waals surface area contributed by atoms with Crippen molar-refractivity contribution in [2.45, 2.75) is 58.0 Å². The van der Waals surface area contributed by atoms with Gasteiger partial charge in [0.25, 0.3) is 0 Å². The average Bonchev–Trinajstić information content (AvgIpc) is 2.63. The zero-order valence-electron chi connectivity index (χ0n) is 16.0. The third-order valence-corrected chi connectivity index (χ3v) is 5.26. The van der Waals surface area contributed by atoms with Crippen molar-refractivity contribution in [3.8, 4) is 0 Å². The van der Waals surface area contributed by atoms with Crippen LogP contribution in [0.15, 0.2) is 30.3 Å². The summed E-state index contributed by atoms with van der Waals surface area (Å²) >= 11 is 0. The van der Waals surface area contributed by atoms with Gasteiger partial charge in [-0.15, -0.1) is 12.4 Å². The smallest absolute Gasteiger partial charge is 0.230 e. The summed E-state index contributed by atoms with van der Waals surface area (Å²) in [5.74, 6) is -0.0643. The normalized spacial score (nSPS) is 18.4. The lowest BCUT2D eigenvalue weighted by Crippen LogP contribution is -2.50. The zero-order valence-corrected chi connectivity index (χ0v) is 16.8. The van der Waals surface area contributed by atoms with E-state index >= 15 is 0 Å². The Morgan fingerprint density at radius 2 is 1.77 bits per heavy atom. The van der Waals surface area contributed by atoms with E-state index in [9.17, 15) is 9.59 Å². The first-order valence-corrected chi connectivity index (χ1v) is 9.33. The van der Waals surface area contributed by atoms with Crippen molar-refractivity contribution in [3.63, 3.8) is 0 Å². The van der Waals surface area contributed by atoms with E-state index in [0.29, 0.717) is 13.1 Å². The van der Waals surface area contributed by atoms with Crippen LogP contribution in [0.25, 0.3) is 0 Å². The monoisotopic (exact) mass is 381 g/mol. The van der Waals surface area contributed by atoms with Crippen molar-refractivity contribution in [2.24, 2.45) is 11.7 Å². The van der Waals surface area contributed by atoms with Gasteiger partial charge in [-0.25, -0.2) is 0 Å². The molecule has 0 radical (unpaired) electrons. The van der Waals surface area contributed by atoms with E-state index in [4.69, 9.17) is 5.73 Å². The number of carbonyl (C=O) groups excluding carboxylic acids is 2. The van der Waals surface area contributed by atoms with Gasteiger partial charge < -0.3 is 16.0 Å². The predicted octanol–water partition coefficient (Wildman–Crippen LogP) is 2.69. The topological polar surface area (TPSA) is 75.4 Å². The summed E-state index contributed by atoms with van der Waals surface area (Å²) in [6, 6.07) is 9.95. The van der Waals surface area contributed by atoms with Crippen LogP contribution >= 0.6 is 12.4 Å². The van der Waals surface area contributed by atoms with Gasteiger partial charge in [-0.3, -0.25) is 9.59 Å². The Morgan fingerprint density at radius 1 is 1.19 bits per heavy atom. The van der Waals surface area contributed by atoms with Crippen molar-refractivity contribution in [1.82, 2.24) is 10.2 Å². The molecule has 0 spiro atoms. The highest BCUT2D eigenvalue weighted by molar-refractivity contribution is 5.85. The molecule has 0 saturated carbocycles. The highest BCUT2D eigenvalue weighted by Crippen LogP contribution is 2.24. The van der Waals surface area contributed by atoms with Gasteiger partial charge in [-0.1, -0.05) is 44.2 Å². The number of rotatable bonds is 6. The number of likely N-dealkylation sites (tertiary alicyclic amines) is 1. The molecular weight excluding hydrogens is 350 g/mol. The molecule has 0 bridgehead atoms. The average molecular weight is 382 g/mol. The van der Waals surface area contributed by atoms with Gasteiger partial charge in [-0.2, -0.15) is 0 Å². The fourth-order valence-electron chi connectivity index (χ4n) is 3.27. The summed E-state index contributed by atoms with van der Waals surface area (Å²) in [4.78, 5) is 27.0. The van der Waals surface area contributed by atoms with Crippen LogP contribution in [0.1, 0.15) is 51.5 Å². The first-order valence-electron chi connectivity index (χ1n) is 9.33. The van der Waals surface area contributed by atoms with Crippen molar-refractivity contribution < 1.29 is 9.59 Å². The van der Waals surface area contributed by atoms with E-state index < -0.39 is 0 Å². The van der Waals surface area contributed by atoms with Crippen molar-refractivity contribution in [2.75, 3.05) is 13.1 Å². The minimum Gasteiger partial charge on any atom is -0.353 e. The highest BCUT2D eigenvalue weighted by atomic mass is 35.5. The van der Waals surface area contributed by atoms with Gasteiger partial charge in [0.1, 0.15) is 0 Å². The maximum absolute atomic E-state index is 12.9. The second-order valence-electron chi connectivity index (χ2n) is 7.13. The Morgan fingerprint density at radius 3 is 2.27 bits per heavy atom. The molecule has 2 amide bonds. The lowest BCUT2D eigenvalue weighted by atomic mass is 9.93. The summed E-state index contributed by atoms with van der Waals surface area (Å²) in [7, 11) is 0. The number of hydrogen-bond donors (Lipinski definition) is 2. The number of piperidine rings is 1. The fourth-order valence-corrected chi connectivity index (χ4v) is 3.27. The molecule has 3 atom stereocenters. The van der Waals surface area contributed by atoms with Crippen LogP contribution in [0.2, 0.25) is 0 Å². The summed E-state index contributed by atoms with van der Waals surface area (Å²) in [5, 5.41) is 3.08. The Balaban J connectivity index is 0.00000338. The Kier molecular flexibility index (Phi) is 9.09. The number of nitrogens with one attached hydrogen (secondary N) is 1. The quantitative estimate of drug-likeness (QED) is 0.795. The SMILES string of the molecule is CCC(C(=O)N1CCC(NC(=O)C(C)C(C)N)CC1)c1ccccc1.Cl. The molecule has 26 heavy (non-hydrogen) atoms. The Bertz CT molecular complexity index is 572. The number of halogens is 1. The van der Waals surface area contributed by atoms with Gasteiger partial charge in [0, 0.05) is 31.1 Å². The third kappa shape index (κ3) is 5.71. The molecule has 1 aliphatic rings. The maximum Gasteiger partial charge on any atom is 0.230 e. The largest absolute Gasteiger partial charge is 0.353 e. The summed E-state index contributed by atoms with van der Waals surface area (Å²) in [6.45, 7) is 7.14. The van der Waals surface area contributed by atoms with E-state index in [1.165, 1.54) is 0 Å². The van der Waals surface area contributed by atoms with Crippen molar-refractivity contribution >= 4 is 24.2 Å². The number of nitrogens with zero attached hydrogens (tertiary/aromatic N) is 1. The van der Waals surface area contributed by atoms with Crippen LogP contribution in [0.4, 0.5) is 0 Å². The molecule has 1 fully saturated rings. The first kappa shape index (κ1) is 22.5. The summed E-state index contributed by atoms with van der Waals surface area (Å²) in [6.07, 6.45) is 2.40. The Labute approximate surface area is 163 Å². The number of amides is 2. The molecule has 1 aromatic carbocycles. The molecule has 1 heterocycles. The molecule has 3 unspecified atom stereocenters. The fraction of sp³-hybridized carbons (Fsp3) is 0.600.